The van der Waals surface area contributed by atoms with Gasteiger partial charge >= 0.3 is 0 Å². The van der Waals surface area contributed by atoms with Crippen LogP contribution in [0.1, 0.15) is 64.7 Å². The maximum Gasteiger partial charge on any atom is 0.126 e. The van der Waals surface area contributed by atoms with E-state index in [1.807, 2.05) is 31.4 Å². The molecule has 0 saturated heterocycles. The third-order valence-electron chi connectivity index (χ3n) is 7.69. The molecule has 2 aromatic rings. The SMILES string of the molecule is COC[C@@H](C)N[C@H]1CC[C@H](Nc2cc(-c3cccc(NCC4(OC)CCCCC4)n3)c(Cl)cn2)CC1. The third-order valence-corrected chi connectivity index (χ3v) is 7.99. The molecule has 2 aliphatic carbocycles. The summed E-state index contributed by atoms with van der Waals surface area (Å²) in [6.07, 6.45) is 12.1. The number of rotatable bonds is 11. The van der Waals surface area contributed by atoms with Crippen LogP contribution in [0.5, 0.6) is 0 Å². The van der Waals surface area contributed by atoms with Crippen molar-refractivity contribution in [2.75, 3.05) is 38.0 Å². The first-order valence-electron chi connectivity index (χ1n) is 13.4. The second-order valence-electron chi connectivity index (χ2n) is 10.5. The highest BCUT2D eigenvalue weighted by Crippen LogP contribution is 2.33. The van der Waals surface area contributed by atoms with Gasteiger partial charge in [-0.05, 0) is 63.6 Å². The summed E-state index contributed by atoms with van der Waals surface area (Å²) in [6, 6.07) is 9.39. The normalized spacial score (nSPS) is 22.7. The quantitative estimate of drug-likeness (QED) is 0.343. The Morgan fingerprint density at radius 3 is 2.53 bits per heavy atom. The molecule has 0 aliphatic heterocycles. The second-order valence-corrected chi connectivity index (χ2v) is 10.9. The van der Waals surface area contributed by atoms with E-state index in [9.17, 15) is 0 Å². The predicted octanol–water partition coefficient (Wildman–Crippen LogP) is 5.91. The number of hydrogen-bond donors (Lipinski definition) is 3. The van der Waals surface area contributed by atoms with Crippen molar-refractivity contribution in [3.63, 3.8) is 0 Å². The third kappa shape index (κ3) is 7.31. The zero-order chi connectivity index (χ0) is 25.4. The first-order valence-corrected chi connectivity index (χ1v) is 13.8. The molecule has 0 aromatic carbocycles. The van der Waals surface area contributed by atoms with Crippen LogP contribution in [0, 0.1) is 0 Å². The van der Waals surface area contributed by atoms with Gasteiger partial charge in [-0.2, -0.15) is 0 Å². The van der Waals surface area contributed by atoms with Crippen molar-refractivity contribution >= 4 is 23.2 Å². The first-order chi connectivity index (χ1) is 17.5. The minimum absolute atomic E-state index is 0.0995. The summed E-state index contributed by atoms with van der Waals surface area (Å²) in [5.74, 6) is 1.68. The van der Waals surface area contributed by atoms with Crippen LogP contribution in [0.3, 0.4) is 0 Å². The fraction of sp³-hybridized carbons (Fsp3) is 0.643. The van der Waals surface area contributed by atoms with E-state index in [0.717, 1.165) is 74.6 Å². The van der Waals surface area contributed by atoms with E-state index in [4.69, 9.17) is 26.1 Å². The van der Waals surface area contributed by atoms with Crippen LogP contribution >= 0.6 is 11.6 Å². The Labute approximate surface area is 221 Å². The van der Waals surface area contributed by atoms with Crippen molar-refractivity contribution in [2.24, 2.45) is 0 Å². The molecule has 0 radical (unpaired) electrons. The number of methoxy groups -OCH3 is 2. The molecule has 3 N–H and O–H groups in total. The summed E-state index contributed by atoms with van der Waals surface area (Å²) in [4.78, 5) is 9.42. The molecule has 2 fully saturated rings. The monoisotopic (exact) mass is 515 g/mol. The van der Waals surface area contributed by atoms with Crippen molar-refractivity contribution in [2.45, 2.75) is 88.4 Å². The van der Waals surface area contributed by atoms with Crippen molar-refractivity contribution < 1.29 is 9.47 Å². The van der Waals surface area contributed by atoms with Gasteiger partial charge in [0.2, 0.25) is 0 Å². The van der Waals surface area contributed by atoms with Crippen LogP contribution in [-0.4, -0.2) is 61.1 Å². The van der Waals surface area contributed by atoms with E-state index in [2.05, 4.69) is 27.9 Å². The fourth-order valence-electron chi connectivity index (χ4n) is 5.61. The largest absolute Gasteiger partial charge is 0.383 e. The Bertz CT molecular complexity index is 961. The number of anilines is 2. The number of aromatic nitrogens is 2. The molecule has 2 aliphatic rings. The van der Waals surface area contributed by atoms with Crippen molar-refractivity contribution in [3.05, 3.63) is 35.5 Å². The molecular formula is C28H42ClN5O2. The average Bonchev–Trinajstić information content (AvgIpc) is 2.90. The minimum atomic E-state index is -0.0995. The number of nitrogens with one attached hydrogen (secondary N) is 3. The highest BCUT2D eigenvalue weighted by molar-refractivity contribution is 6.33. The van der Waals surface area contributed by atoms with Crippen LogP contribution in [0.15, 0.2) is 30.5 Å². The van der Waals surface area contributed by atoms with Gasteiger partial charge in [0.25, 0.3) is 0 Å². The Morgan fingerprint density at radius 2 is 1.81 bits per heavy atom. The number of halogens is 1. The van der Waals surface area contributed by atoms with Crippen LogP contribution in [0.4, 0.5) is 11.6 Å². The van der Waals surface area contributed by atoms with Gasteiger partial charge in [-0.25, -0.2) is 9.97 Å². The molecule has 0 unspecified atom stereocenters. The molecule has 2 heterocycles. The molecule has 1 atom stereocenters. The Balaban J connectivity index is 1.37. The zero-order valence-electron chi connectivity index (χ0n) is 22.0. The van der Waals surface area contributed by atoms with E-state index >= 15 is 0 Å². The van der Waals surface area contributed by atoms with Crippen LogP contribution in [0.25, 0.3) is 11.3 Å². The van der Waals surface area contributed by atoms with Crippen molar-refractivity contribution in [1.82, 2.24) is 15.3 Å². The lowest BCUT2D eigenvalue weighted by atomic mass is 9.84. The topological polar surface area (TPSA) is 80.3 Å². The molecule has 7 nitrogen and oxygen atoms in total. The summed E-state index contributed by atoms with van der Waals surface area (Å²) in [7, 11) is 3.58. The maximum absolute atomic E-state index is 6.57. The van der Waals surface area contributed by atoms with E-state index in [0.29, 0.717) is 23.1 Å². The lowest BCUT2D eigenvalue weighted by Crippen LogP contribution is -2.42. The molecule has 198 valence electrons. The number of nitrogens with zero attached hydrogens (tertiary/aromatic N) is 2. The van der Waals surface area contributed by atoms with Crippen LogP contribution in [-0.2, 0) is 9.47 Å². The summed E-state index contributed by atoms with van der Waals surface area (Å²) in [6.45, 7) is 3.68. The minimum Gasteiger partial charge on any atom is -0.383 e. The van der Waals surface area contributed by atoms with Crippen molar-refractivity contribution in [3.8, 4) is 11.3 Å². The molecule has 4 rings (SSSR count). The van der Waals surface area contributed by atoms with Gasteiger partial charge in [0.1, 0.15) is 11.6 Å². The summed E-state index contributed by atoms with van der Waals surface area (Å²) in [5, 5.41) is 11.4. The average molecular weight is 516 g/mol. The standard InChI is InChI=1S/C28H42ClN5O2/c1-20(18-35-2)32-21-10-12-22(13-11-21)33-27-16-23(24(29)17-30-27)25-8-7-9-26(34-25)31-19-28(36-3)14-5-4-6-15-28/h7-9,16-17,20-22,32H,4-6,10-15,18-19H2,1-3H3,(H,30,33)(H,31,34)/t20-,21-,22-/m1/s1. The number of hydrogen-bond acceptors (Lipinski definition) is 7. The van der Waals surface area contributed by atoms with Crippen LogP contribution < -0.4 is 16.0 Å². The summed E-state index contributed by atoms with van der Waals surface area (Å²) < 4.78 is 11.2. The van der Waals surface area contributed by atoms with E-state index in [-0.39, 0.29) is 5.60 Å². The van der Waals surface area contributed by atoms with Gasteiger partial charge in [-0.3, -0.25) is 0 Å². The van der Waals surface area contributed by atoms with Gasteiger partial charge in [0, 0.05) is 50.7 Å². The van der Waals surface area contributed by atoms with Crippen LogP contribution in [0.2, 0.25) is 5.02 Å². The van der Waals surface area contributed by atoms with E-state index in [1.165, 1.54) is 19.3 Å². The molecule has 0 amide bonds. The second kappa shape index (κ2) is 13.0. The van der Waals surface area contributed by atoms with Gasteiger partial charge in [0.05, 0.1) is 22.9 Å². The molecule has 36 heavy (non-hydrogen) atoms. The highest BCUT2D eigenvalue weighted by atomic mass is 35.5. The van der Waals surface area contributed by atoms with Gasteiger partial charge in [-0.15, -0.1) is 0 Å². The van der Waals surface area contributed by atoms with E-state index < -0.39 is 0 Å². The zero-order valence-corrected chi connectivity index (χ0v) is 22.7. The highest BCUT2D eigenvalue weighted by Gasteiger charge is 2.31. The molecule has 0 spiro atoms. The van der Waals surface area contributed by atoms with Gasteiger partial charge in [0.15, 0.2) is 0 Å². The molecular weight excluding hydrogens is 474 g/mol. The maximum atomic E-state index is 6.57. The lowest BCUT2D eigenvalue weighted by Gasteiger charge is -2.36. The predicted molar refractivity (Wildman–Crippen MR) is 148 cm³/mol. The molecule has 2 saturated carbocycles. The summed E-state index contributed by atoms with van der Waals surface area (Å²) in [5.41, 5.74) is 1.63. The Hall–Kier alpha value is -1.93. The first kappa shape index (κ1) is 27.1. The van der Waals surface area contributed by atoms with Gasteiger partial charge < -0.3 is 25.4 Å². The molecule has 8 heteroatoms. The molecule has 0 bridgehead atoms. The Kier molecular flexibility index (Phi) is 9.82. The lowest BCUT2D eigenvalue weighted by molar-refractivity contribution is -0.0279. The van der Waals surface area contributed by atoms with E-state index in [1.54, 1.807) is 13.3 Å². The summed E-state index contributed by atoms with van der Waals surface area (Å²) >= 11 is 6.57. The number of ether oxygens (including phenoxy) is 2. The Morgan fingerprint density at radius 1 is 1.06 bits per heavy atom. The van der Waals surface area contributed by atoms with Gasteiger partial charge in [-0.1, -0.05) is 36.9 Å². The van der Waals surface area contributed by atoms with Crippen molar-refractivity contribution in [1.29, 1.82) is 0 Å². The molecule has 2 aromatic heterocycles. The smallest absolute Gasteiger partial charge is 0.126 e. The number of pyridine rings is 2. The fourth-order valence-corrected chi connectivity index (χ4v) is 5.81.